The Morgan fingerprint density at radius 1 is 1.22 bits per heavy atom. The first-order chi connectivity index (χ1) is 17.0. The maximum absolute atomic E-state index is 14.8. The highest BCUT2D eigenvalue weighted by atomic mass is 28.3. The Bertz CT molecular complexity index is 1300. The number of aromatic nitrogens is 2. The maximum Gasteiger partial charge on any atom is 0.293 e. The van der Waals surface area contributed by atoms with Crippen molar-refractivity contribution in [1.29, 1.82) is 0 Å². The number of carbonyl (C=O) groups excluding carboxylic acids is 2. The number of hydrogen-bond acceptors (Lipinski definition) is 7. The maximum atomic E-state index is 14.8. The average Bonchev–Trinajstić information content (AvgIpc) is 3.22. The van der Waals surface area contributed by atoms with Crippen molar-refractivity contribution in [1.82, 2.24) is 15.0 Å². The number of nitrogens with one attached hydrogen (secondary N) is 1. The lowest BCUT2D eigenvalue weighted by molar-refractivity contribution is -0.121. The molecule has 0 saturated carbocycles. The third-order valence-corrected chi connectivity index (χ3v) is 7.73. The molecule has 3 heterocycles. The zero-order valence-electron chi connectivity index (χ0n) is 20.3. The number of rotatable bonds is 6. The van der Waals surface area contributed by atoms with E-state index in [-0.39, 0.29) is 23.2 Å². The number of fused-ring (bicyclic) bond motifs is 1. The SMILES string of the molecule is CCOc1ccc2c(n1)CCN(C(=O)c1cc(O)no1)[C@H]2C(=O)Nc1cc(F)c([Si](C)(C)C)c(F)c1. The Hall–Kier alpha value is -3.80. The van der Waals surface area contributed by atoms with Gasteiger partial charge in [-0.15, -0.1) is 0 Å². The smallest absolute Gasteiger partial charge is 0.293 e. The second-order valence-electron chi connectivity index (χ2n) is 9.37. The molecular weight excluding hydrogens is 490 g/mol. The zero-order valence-corrected chi connectivity index (χ0v) is 21.3. The fourth-order valence-electron chi connectivity index (χ4n) is 4.28. The van der Waals surface area contributed by atoms with Crippen LogP contribution in [0.3, 0.4) is 0 Å². The number of amides is 2. The normalized spacial score (nSPS) is 15.4. The van der Waals surface area contributed by atoms with E-state index in [0.717, 1.165) is 18.2 Å². The topological polar surface area (TPSA) is 118 Å². The van der Waals surface area contributed by atoms with Crippen molar-refractivity contribution in [3.05, 3.63) is 59.0 Å². The number of nitrogens with zero attached hydrogens (tertiary/aromatic N) is 3. The van der Waals surface area contributed by atoms with Crippen LogP contribution in [0, 0.1) is 11.6 Å². The minimum atomic E-state index is -2.31. The molecule has 2 amide bonds. The van der Waals surface area contributed by atoms with Crippen LogP contribution in [0.1, 0.15) is 34.8 Å². The molecule has 1 aromatic carbocycles. The molecule has 1 atom stereocenters. The van der Waals surface area contributed by atoms with Crippen LogP contribution in [-0.4, -0.2) is 53.2 Å². The van der Waals surface area contributed by atoms with Gasteiger partial charge in [-0.3, -0.25) is 9.59 Å². The predicted octanol–water partition coefficient (Wildman–Crippen LogP) is 3.38. The van der Waals surface area contributed by atoms with Crippen LogP contribution < -0.4 is 15.2 Å². The highest BCUT2D eigenvalue weighted by Crippen LogP contribution is 2.33. The molecule has 0 aliphatic carbocycles. The molecule has 1 aliphatic heterocycles. The summed E-state index contributed by atoms with van der Waals surface area (Å²) < 4.78 is 39.9. The van der Waals surface area contributed by atoms with Crippen LogP contribution in [0.5, 0.6) is 11.8 Å². The Balaban J connectivity index is 1.71. The van der Waals surface area contributed by atoms with Gasteiger partial charge in [0.1, 0.15) is 17.7 Å². The molecule has 0 saturated heterocycles. The summed E-state index contributed by atoms with van der Waals surface area (Å²) in [6.45, 7) is 7.77. The molecule has 0 fully saturated rings. The van der Waals surface area contributed by atoms with Crippen LogP contribution in [-0.2, 0) is 11.2 Å². The molecular formula is C24H26F2N4O5Si. The van der Waals surface area contributed by atoms with Crippen molar-refractivity contribution < 1.29 is 32.7 Å². The van der Waals surface area contributed by atoms with E-state index in [4.69, 9.17) is 9.26 Å². The second kappa shape index (κ2) is 9.68. The van der Waals surface area contributed by atoms with E-state index in [0.29, 0.717) is 30.2 Å². The summed E-state index contributed by atoms with van der Waals surface area (Å²) in [6, 6.07) is 5.22. The van der Waals surface area contributed by atoms with Crippen molar-refractivity contribution in [2.45, 2.75) is 39.0 Å². The molecule has 2 N–H and O–H groups in total. The number of aromatic hydroxyl groups is 1. The summed E-state index contributed by atoms with van der Waals surface area (Å²) in [5.74, 6) is -3.21. The molecule has 12 heteroatoms. The molecule has 2 aromatic heterocycles. The molecule has 1 aliphatic rings. The summed E-state index contributed by atoms with van der Waals surface area (Å²) in [5, 5.41) is 15.4. The van der Waals surface area contributed by atoms with Crippen LogP contribution in [0.4, 0.5) is 14.5 Å². The van der Waals surface area contributed by atoms with Crippen LogP contribution in [0.2, 0.25) is 19.6 Å². The van der Waals surface area contributed by atoms with E-state index in [9.17, 15) is 23.5 Å². The van der Waals surface area contributed by atoms with Gasteiger partial charge in [0.15, 0.2) is 0 Å². The minimum Gasteiger partial charge on any atom is -0.491 e. The van der Waals surface area contributed by atoms with Crippen LogP contribution >= 0.6 is 0 Å². The highest BCUT2D eigenvalue weighted by Gasteiger charge is 2.39. The van der Waals surface area contributed by atoms with Gasteiger partial charge < -0.3 is 24.6 Å². The number of pyridine rings is 1. The second-order valence-corrected chi connectivity index (χ2v) is 14.4. The van der Waals surface area contributed by atoms with Gasteiger partial charge in [-0.25, -0.2) is 13.8 Å². The van der Waals surface area contributed by atoms with Gasteiger partial charge in [-0.05, 0) is 30.3 Å². The fourth-order valence-corrected chi connectivity index (χ4v) is 5.85. The third-order valence-electron chi connectivity index (χ3n) is 5.75. The average molecular weight is 517 g/mol. The first kappa shape index (κ1) is 25.3. The molecule has 36 heavy (non-hydrogen) atoms. The monoisotopic (exact) mass is 516 g/mol. The van der Waals surface area contributed by atoms with Crippen molar-refractivity contribution in [2.24, 2.45) is 0 Å². The summed E-state index contributed by atoms with van der Waals surface area (Å²) in [5.41, 5.74) is 0.906. The van der Waals surface area contributed by atoms with Gasteiger partial charge in [0.25, 0.3) is 17.7 Å². The summed E-state index contributed by atoms with van der Waals surface area (Å²) in [4.78, 5) is 32.4. The van der Waals surface area contributed by atoms with Gasteiger partial charge in [-0.1, -0.05) is 19.6 Å². The molecule has 0 radical (unpaired) electrons. The standard InChI is InChI=1S/C24H26F2N4O5Si/c1-5-34-20-7-6-14-17(28-20)8-9-30(24(33)18-12-19(31)29-35-18)21(14)23(32)27-13-10-15(25)22(16(26)11-13)36(2,3)4/h6-7,10-12,21H,5,8-9H2,1-4H3,(H,27,32)(H,29,31)/t21-/m1/s1. The molecule has 0 unspecified atom stereocenters. The fraction of sp³-hybridized carbons (Fsp3) is 0.333. The van der Waals surface area contributed by atoms with Gasteiger partial charge in [0, 0.05) is 35.5 Å². The van der Waals surface area contributed by atoms with Crippen LogP contribution in [0.25, 0.3) is 0 Å². The number of benzene rings is 1. The van der Waals surface area contributed by atoms with Gasteiger partial charge >= 0.3 is 0 Å². The van der Waals surface area contributed by atoms with E-state index >= 15 is 0 Å². The lowest BCUT2D eigenvalue weighted by atomic mass is 9.95. The number of hydrogen-bond donors (Lipinski definition) is 2. The molecule has 0 bridgehead atoms. The van der Waals surface area contributed by atoms with E-state index in [1.54, 1.807) is 12.1 Å². The molecule has 4 rings (SSSR count). The lowest BCUT2D eigenvalue weighted by Gasteiger charge is -2.35. The van der Waals surface area contributed by atoms with Crippen molar-refractivity contribution in [2.75, 3.05) is 18.5 Å². The number of halogens is 2. The Morgan fingerprint density at radius 3 is 2.50 bits per heavy atom. The summed E-state index contributed by atoms with van der Waals surface area (Å²) >= 11 is 0. The minimum absolute atomic E-state index is 0.0399. The van der Waals surface area contributed by atoms with Gasteiger partial charge in [-0.2, -0.15) is 0 Å². The molecule has 9 nitrogen and oxygen atoms in total. The summed E-state index contributed by atoms with van der Waals surface area (Å²) in [6.07, 6.45) is 0.319. The van der Waals surface area contributed by atoms with E-state index in [1.807, 2.05) is 26.6 Å². The van der Waals surface area contributed by atoms with Gasteiger partial charge in [0.2, 0.25) is 11.6 Å². The first-order valence-electron chi connectivity index (χ1n) is 11.4. The Kier molecular flexibility index (Phi) is 6.80. The van der Waals surface area contributed by atoms with Crippen molar-refractivity contribution in [3.63, 3.8) is 0 Å². The molecule has 3 aromatic rings. The predicted molar refractivity (Wildman–Crippen MR) is 129 cm³/mol. The van der Waals surface area contributed by atoms with Crippen LogP contribution in [0.15, 0.2) is 34.9 Å². The Labute approximate surface area is 207 Å². The van der Waals surface area contributed by atoms with Crippen molar-refractivity contribution >= 4 is 30.8 Å². The largest absolute Gasteiger partial charge is 0.491 e. The lowest BCUT2D eigenvalue weighted by Crippen LogP contribution is -2.46. The zero-order chi connectivity index (χ0) is 26.2. The highest BCUT2D eigenvalue weighted by molar-refractivity contribution is 6.88. The van der Waals surface area contributed by atoms with E-state index < -0.39 is 43.4 Å². The van der Waals surface area contributed by atoms with Gasteiger partial charge in [0.05, 0.1) is 26.4 Å². The Morgan fingerprint density at radius 2 is 1.92 bits per heavy atom. The first-order valence-corrected chi connectivity index (χ1v) is 14.9. The van der Waals surface area contributed by atoms with Crippen molar-refractivity contribution in [3.8, 4) is 11.8 Å². The number of anilines is 1. The number of carbonyl (C=O) groups is 2. The van der Waals surface area contributed by atoms with E-state index in [1.165, 1.54) is 4.90 Å². The quantitative estimate of drug-likeness (QED) is 0.482. The number of ether oxygens (including phenoxy) is 1. The molecule has 0 spiro atoms. The summed E-state index contributed by atoms with van der Waals surface area (Å²) in [7, 11) is -2.31. The third kappa shape index (κ3) is 4.94. The molecule has 190 valence electrons. The van der Waals surface area contributed by atoms with E-state index in [2.05, 4.69) is 15.5 Å².